The van der Waals surface area contributed by atoms with Crippen LogP contribution < -0.4 is 10.4 Å². The molecular formula is C43H29N3Si. The fourth-order valence-corrected chi connectivity index (χ4v) is 11.1. The van der Waals surface area contributed by atoms with Gasteiger partial charge in [-0.2, -0.15) is 0 Å². The predicted molar refractivity (Wildman–Crippen MR) is 200 cm³/mol. The van der Waals surface area contributed by atoms with Crippen molar-refractivity contribution in [1.29, 1.82) is 0 Å². The van der Waals surface area contributed by atoms with E-state index in [2.05, 4.69) is 145 Å². The topological polar surface area (TPSA) is 38.7 Å². The predicted octanol–water partition coefficient (Wildman–Crippen LogP) is 9.77. The minimum absolute atomic E-state index is 0.927. The summed E-state index contributed by atoms with van der Waals surface area (Å²) in [6.07, 6.45) is 1.84. The largest absolute Gasteiger partial charge is 0.254 e. The monoisotopic (exact) mass is 615 g/mol. The molecule has 47 heavy (non-hydrogen) atoms. The van der Waals surface area contributed by atoms with Gasteiger partial charge in [-0.15, -0.1) is 0 Å². The van der Waals surface area contributed by atoms with Crippen molar-refractivity contribution in [3.05, 3.63) is 140 Å². The van der Waals surface area contributed by atoms with E-state index in [0.29, 0.717) is 0 Å². The van der Waals surface area contributed by atoms with E-state index in [1.807, 2.05) is 12.3 Å². The molecule has 0 aliphatic carbocycles. The molecule has 0 unspecified atom stereocenters. The summed E-state index contributed by atoms with van der Waals surface area (Å²) in [6.45, 7) is 4.95. The van der Waals surface area contributed by atoms with Crippen molar-refractivity contribution in [3.63, 3.8) is 0 Å². The van der Waals surface area contributed by atoms with Gasteiger partial charge in [-0.05, 0) is 55.9 Å². The van der Waals surface area contributed by atoms with Crippen LogP contribution in [0.3, 0.4) is 0 Å². The zero-order valence-electron chi connectivity index (χ0n) is 26.1. The number of hydrogen-bond donors (Lipinski definition) is 0. The maximum atomic E-state index is 5.49. The van der Waals surface area contributed by atoms with E-state index in [0.717, 1.165) is 55.2 Å². The molecule has 0 amide bonds. The molecule has 6 aromatic carbocycles. The van der Waals surface area contributed by atoms with Gasteiger partial charge in [-0.1, -0.05) is 128 Å². The van der Waals surface area contributed by atoms with Crippen LogP contribution in [-0.2, 0) is 0 Å². The van der Waals surface area contributed by atoms with Crippen molar-refractivity contribution >= 4 is 72.7 Å². The Morgan fingerprint density at radius 3 is 2.00 bits per heavy atom. The lowest BCUT2D eigenvalue weighted by Gasteiger charge is -2.19. The Bertz CT molecular complexity index is 2780. The van der Waals surface area contributed by atoms with Crippen LogP contribution in [0.2, 0.25) is 13.1 Å². The van der Waals surface area contributed by atoms with Gasteiger partial charge in [-0.25, -0.2) is 9.97 Å². The molecule has 4 heteroatoms. The van der Waals surface area contributed by atoms with Gasteiger partial charge in [0, 0.05) is 38.9 Å². The van der Waals surface area contributed by atoms with E-state index >= 15 is 0 Å². The highest BCUT2D eigenvalue weighted by Gasteiger charge is 2.38. The van der Waals surface area contributed by atoms with E-state index in [1.165, 1.54) is 43.0 Å². The van der Waals surface area contributed by atoms with Gasteiger partial charge in [0.05, 0.1) is 27.9 Å². The number of aromatic nitrogens is 3. The summed E-state index contributed by atoms with van der Waals surface area (Å²) in [4.78, 5) is 15.4. The molecule has 9 aromatic rings. The first kappa shape index (κ1) is 26.5. The molecule has 3 aromatic heterocycles. The molecule has 3 nitrogen and oxygen atoms in total. The fraction of sp³-hybridized carbons (Fsp3) is 0.0465. The minimum Gasteiger partial charge on any atom is -0.254 e. The molecule has 0 spiro atoms. The minimum atomic E-state index is -1.81. The molecule has 4 heterocycles. The third kappa shape index (κ3) is 3.70. The highest BCUT2D eigenvalue weighted by molar-refractivity contribution is 7.04. The molecule has 0 bridgehead atoms. The standard InChI is InChI=1S/C43H29N3Si/c1-47(2)37-16-8-7-15-34(37)40-38(47)24-23-36-39(40)31-13-5-6-14-32(31)43(46-36)33-21-20-30(28-11-3-4-12-29(28)33)35-22-19-27-18-17-26-10-9-25-44-41(26)42(27)45-35/h3-25H,1-2H3. The van der Waals surface area contributed by atoms with Gasteiger partial charge >= 0.3 is 0 Å². The van der Waals surface area contributed by atoms with Gasteiger partial charge in [0.25, 0.3) is 0 Å². The van der Waals surface area contributed by atoms with Crippen molar-refractivity contribution in [2.75, 3.05) is 0 Å². The number of benzene rings is 6. The molecule has 10 rings (SSSR count). The summed E-state index contributed by atoms with van der Waals surface area (Å²) < 4.78 is 0. The fourth-order valence-electron chi connectivity index (χ4n) is 8.05. The van der Waals surface area contributed by atoms with E-state index in [-0.39, 0.29) is 0 Å². The Morgan fingerprint density at radius 2 is 1.15 bits per heavy atom. The summed E-state index contributed by atoms with van der Waals surface area (Å²) in [7, 11) is -1.81. The average Bonchev–Trinajstić information content (AvgIpc) is 3.36. The lowest BCUT2D eigenvalue weighted by atomic mass is 9.91. The molecule has 1 aliphatic rings. The van der Waals surface area contributed by atoms with E-state index in [1.54, 1.807) is 0 Å². The van der Waals surface area contributed by atoms with Crippen molar-refractivity contribution in [2.24, 2.45) is 0 Å². The van der Waals surface area contributed by atoms with Crippen LogP contribution in [0, 0.1) is 0 Å². The highest BCUT2D eigenvalue weighted by Crippen LogP contribution is 2.42. The Hall–Kier alpha value is -5.71. The average molecular weight is 616 g/mol. The number of rotatable bonds is 2. The first-order valence-corrected chi connectivity index (χ1v) is 19.2. The lowest BCUT2D eigenvalue weighted by Crippen LogP contribution is -2.49. The molecule has 0 N–H and O–H groups in total. The Labute approximate surface area is 273 Å². The molecule has 0 fully saturated rings. The summed E-state index contributed by atoms with van der Waals surface area (Å²) in [5.74, 6) is 0. The third-order valence-electron chi connectivity index (χ3n) is 10.3. The lowest BCUT2D eigenvalue weighted by molar-refractivity contribution is 1.37. The summed E-state index contributed by atoms with van der Waals surface area (Å²) in [5, 5.41) is 11.2. The SMILES string of the molecule is C[Si]1(C)c2ccccc2-c2c1ccc1nc(-c3ccc(-c4ccc5ccc6cccnc6c5n4)c4ccccc34)c3ccccc3c21. The van der Waals surface area contributed by atoms with Crippen LogP contribution >= 0.6 is 0 Å². The molecule has 0 saturated heterocycles. The van der Waals surface area contributed by atoms with Crippen LogP contribution in [0.5, 0.6) is 0 Å². The highest BCUT2D eigenvalue weighted by atomic mass is 28.3. The third-order valence-corrected chi connectivity index (χ3v) is 13.8. The second-order valence-electron chi connectivity index (χ2n) is 13.2. The number of nitrogens with zero attached hydrogens (tertiary/aromatic N) is 3. The van der Waals surface area contributed by atoms with Crippen LogP contribution in [-0.4, -0.2) is 23.0 Å². The van der Waals surface area contributed by atoms with Crippen molar-refractivity contribution in [3.8, 4) is 33.6 Å². The van der Waals surface area contributed by atoms with Crippen LogP contribution in [0.15, 0.2) is 140 Å². The number of hydrogen-bond acceptors (Lipinski definition) is 3. The first-order chi connectivity index (χ1) is 23.1. The maximum Gasteiger partial charge on any atom is 0.113 e. The van der Waals surface area contributed by atoms with E-state index in [9.17, 15) is 0 Å². The van der Waals surface area contributed by atoms with Crippen LogP contribution in [0.4, 0.5) is 0 Å². The molecule has 220 valence electrons. The van der Waals surface area contributed by atoms with Gasteiger partial charge in [0.1, 0.15) is 8.07 Å². The quantitative estimate of drug-likeness (QED) is 0.144. The Kier molecular flexibility index (Phi) is 5.44. The maximum absolute atomic E-state index is 5.49. The van der Waals surface area contributed by atoms with E-state index in [4.69, 9.17) is 9.97 Å². The van der Waals surface area contributed by atoms with Gasteiger partial charge < -0.3 is 0 Å². The smallest absolute Gasteiger partial charge is 0.113 e. The Morgan fingerprint density at radius 1 is 0.468 bits per heavy atom. The van der Waals surface area contributed by atoms with Crippen molar-refractivity contribution < 1.29 is 0 Å². The zero-order chi connectivity index (χ0) is 31.3. The summed E-state index contributed by atoms with van der Waals surface area (Å²) >= 11 is 0. The van der Waals surface area contributed by atoms with Gasteiger partial charge in [0.2, 0.25) is 0 Å². The van der Waals surface area contributed by atoms with Crippen molar-refractivity contribution in [2.45, 2.75) is 13.1 Å². The second-order valence-corrected chi connectivity index (χ2v) is 17.5. The number of fused-ring (bicyclic) bond motifs is 11. The zero-order valence-corrected chi connectivity index (χ0v) is 27.1. The van der Waals surface area contributed by atoms with Crippen LogP contribution in [0.1, 0.15) is 0 Å². The molecule has 0 radical (unpaired) electrons. The normalized spacial score (nSPS) is 13.5. The van der Waals surface area contributed by atoms with Gasteiger partial charge in [0.15, 0.2) is 0 Å². The molecular weight excluding hydrogens is 587 g/mol. The summed E-state index contributed by atoms with van der Waals surface area (Å²) in [6, 6.07) is 48.2. The second kappa shape index (κ2) is 9.65. The molecule has 0 atom stereocenters. The summed E-state index contributed by atoms with van der Waals surface area (Å²) in [5.41, 5.74) is 9.85. The van der Waals surface area contributed by atoms with Gasteiger partial charge in [-0.3, -0.25) is 4.98 Å². The van der Waals surface area contributed by atoms with Crippen molar-refractivity contribution in [1.82, 2.24) is 15.0 Å². The van der Waals surface area contributed by atoms with E-state index < -0.39 is 8.07 Å². The number of pyridine rings is 3. The first-order valence-electron chi connectivity index (χ1n) is 16.2. The molecule has 0 saturated carbocycles. The Balaban J connectivity index is 1.23. The van der Waals surface area contributed by atoms with Crippen LogP contribution in [0.25, 0.3) is 87.9 Å². The molecule has 1 aliphatic heterocycles.